The Balaban J connectivity index is 1.79. The Morgan fingerprint density at radius 1 is 1.27 bits per heavy atom. The summed E-state index contributed by atoms with van der Waals surface area (Å²) >= 11 is 0. The maximum absolute atomic E-state index is 12.8. The molecule has 0 spiro atoms. The molecule has 0 aliphatic carbocycles. The van der Waals surface area contributed by atoms with Crippen molar-refractivity contribution in [2.24, 2.45) is 5.92 Å². The van der Waals surface area contributed by atoms with Crippen LogP contribution < -0.4 is 0 Å². The van der Waals surface area contributed by atoms with Crippen LogP contribution in [-0.2, 0) is 21.6 Å². The maximum Gasteiger partial charge on any atom is 0.302 e. The van der Waals surface area contributed by atoms with Gasteiger partial charge in [-0.05, 0) is 17.7 Å². The average Bonchev–Trinajstić information content (AvgIpc) is 2.77. The van der Waals surface area contributed by atoms with Crippen LogP contribution in [0.1, 0.15) is 12.0 Å². The molecule has 5 nitrogen and oxygen atoms in total. The van der Waals surface area contributed by atoms with Crippen molar-refractivity contribution in [2.75, 3.05) is 12.3 Å². The molecule has 1 saturated heterocycles. The monoisotopic (exact) mass is 322 g/mol. The highest BCUT2D eigenvalue weighted by Crippen LogP contribution is 2.24. The van der Waals surface area contributed by atoms with Crippen LogP contribution in [0.2, 0.25) is 0 Å². The van der Waals surface area contributed by atoms with E-state index in [0.29, 0.717) is 6.54 Å². The number of rotatable bonds is 4. The number of aromatic nitrogens is 1. The highest BCUT2D eigenvalue weighted by molar-refractivity contribution is 7.86. The van der Waals surface area contributed by atoms with E-state index < -0.39 is 21.9 Å². The molecule has 1 aliphatic rings. The Kier molecular flexibility index (Phi) is 3.82. The zero-order valence-electron chi connectivity index (χ0n) is 11.8. The molecule has 1 aromatic heterocycles. The minimum absolute atomic E-state index is 0.0756. The number of halogens is 1. The highest BCUT2D eigenvalue weighted by Gasteiger charge is 2.32. The van der Waals surface area contributed by atoms with E-state index in [0.717, 1.165) is 16.5 Å². The second kappa shape index (κ2) is 5.64. The predicted molar refractivity (Wildman–Crippen MR) is 80.2 cm³/mol. The van der Waals surface area contributed by atoms with Crippen LogP contribution in [0.5, 0.6) is 0 Å². The van der Waals surface area contributed by atoms with Crippen molar-refractivity contribution in [1.29, 1.82) is 0 Å². The Morgan fingerprint density at radius 2 is 2.09 bits per heavy atom. The predicted octanol–water partition coefficient (Wildman–Crippen LogP) is 1.88. The third kappa shape index (κ3) is 3.24. The second-order valence-electron chi connectivity index (χ2n) is 5.54. The Labute approximate surface area is 128 Å². The molecular weight excluding hydrogens is 307 g/mol. The fraction of sp³-hybridized carbons (Fsp3) is 0.333. The Bertz CT molecular complexity index is 817. The van der Waals surface area contributed by atoms with Gasteiger partial charge in [-0.2, -0.15) is 8.42 Å². The second-order valence-corrected chi connectivity index (χ2v) is 6.95. The number of carbonyl (C=O) groups is 1. The first-order valence-corrected chi connectivity index (χ1v) is 8.50. The van der Waals surface area contributed by atoms with Crippen molar-refractivity contribution in [3.63, 3.8) is 0 Å². The van der Waals surface area contributed by atoms with Gasteiger partial charge >= 0.3 is 10.2 Å². The smallest absolute Gasteiger partial charge is 0.302 e. The molecule has 1 fully saturated rings. The molecule has 1 unspecified atom stereocenters. The minimum atomic E-state index is -4.55. The molecule has 116 valence electrons. The van der Waals surface area contributed by atoms with Crippen LogP contribution in [0.3, 0.4) is 0 Å². The van der Waals surface area contributed by atoms with Gasteiger partial charge in [0, 0.05) is 37.0 Å². The first-order valence-electron chi connectivity index (χ1n) is 6.95. The number of carbonyl (C=O) groups excluding carboxylic acids is 1. The summed E-state index contributed by atoms with van der Waals surface area (Å²) in [5.74, 6) is -1.21. The van der Waals surface area contributed by atoms with E-state index in [9.17, 15) is 17.1 Å². The van der Waals surface area contributed by atoms with Gasteiger partial charge < -0.3 is 4.90 Å². The number of nitrogens with zero attached hydrogens (tertiary/aromatic N) is 2. The molecule has 7 heteroatoms. The number of fused-ring (bicyclic) bond motifs is 1. The minimum Gasteiger partial charge on any atom is -0.338 e. The summed E-state index contributed by atoms with van der Waals surface area (Å²) < 4.78 is 34.2. The SMILES string of the molecule is O=C1CC(CS(=O)(=O)F)CN1Cc1cccc2ncccc12. The summed E-state index contributed by atoms with van der Waals surface area (Å²) in [7, 11) is -4.55. The largest absolute Gasteiger partial charge is 0.338 e. The third-order valence-electron chi connectivity index (χ3n) is 3.83. The molecule has 1 aromatic carbocycles. The van der Waals surface area contributed by atoms with E-state index in [1.807, 2.05) is 30.3 Å². The van der Waals surface area contributed by atoms with Crippen molar-refractivity contribution >= 4 is 27.0 Å². The summed E-state index contributed by atoms with van der Waals surface area (Å²) in [6.07, 6.45) is 1.78. The molecule has 0 radical (unpaired) electrons. The van der Waals surface area contributed by atoms with Gasteiger partial charge in [0.25, 0.3) is 0 Å². The Hall–Kier alpha value is -2.02. The fourth-order valence-electron chi connectivity index (χ4n) is 2.91. The number of amides is 1. The molecule has 2 aromatic rings. The highest BCUT2D eigenvalue weighted by atomic mass is 32.3. The van der Waals surface area contributed by atoms with E-state index in [1.54, 1.807) is 11.1 Å². The van der Waals surface area contributed by atoms with Gasteiger partial charge in [0.2, 0.25) is 5.91 Å². The number of likely N-dealkylation sites (tertiary alicyclic amines) is 1. The van der Waals surface area contributed by atoms with Gasteiger partial charge in [0.15, 0.2) is 0 Å². The van der Waals surface area contributed by atoms with Crippen molar-refractivity contribution < 1.29 is 17.1 Å². The van der Waals surface area contributed by atoms with Crippen molar-refractivity contribution in [3.05, 3.63) is 42.1 Å². The molecule has 2 heterocycles. The zero-order chi connectivity index (χ0) is 15.7. The van der Waals surface area contributed by atoms with E-state index in [1.165, 1.54) is 0 Å². The molecule has 0 saturated carbocycles. The van der Waals surface area contributed by atoms with Crippen LogP contribution in [0.25, 0.3) is 10.9 Å². The summed E-state index contributed by atoms with van der Waals surface area (Å²) in [6, 6.07) is 9.44. The van der Waals surface area contributed by atoms with Gasteiger partial charge in [-0.25, -0.2) is 0 Å². The van der Waals surface area contributed by atoms with Crippen molar-refractivity contribution in [1.82, 2.24) is 9.88 Å². The van der Waals surface area contributed by atoms with E-state index >= 15 is 0 Å². The van der Waals surface area contributed by atoms with E-state index in [4.69, 9.17) is 0 Å². The first-order chi connectivity index (χ1) is 10.4. The Morgan fingerprint density at radius 3 is 2.86 bits per heavy atom. The molecule has 1 aliphatic heterocycles. The lowest BCUT2D eigenvalue weighted by molar-refractivity contribution is -0.128. The van der Waals surface area contributed by atoms with E-state index in [-0.39, 0.29) is 18.9 Å². The average molecular weight is 322 g/mol. The van der Waals surface area contributed by atoms with Crippen LogP contribution >= 0.6 is 0 Å². The summed E-state index contributed by atoms with van der Waals surface area (Å²) in [6.45, 7) is 0.642. The summed E-state index contributed by atoms with van der Waals surface area (Å²) in [5.41, 5.74) is 1.79. The van der Waals surface area contributed by atoms with Crippen LogP contribution in [0.4, 0.5) is 3.89 Å². The molecule has 0 N–H and O–H groups in total. The van der Waals surface area contributed by atoms with Gasteiger partial charge in [-0.3, -0.25) is 9.78 Å². The maximum atomic E-state index is 12.8. The van der Waals surface area contributed by atoms with Crippen LogP contribution in [0, 0.1) is 5.92 Å². The van der Waals surface area contributed by atoms with Crippen LogP contribution in [-0.4, -0.2) is 36.5 Å². The number of pyridine rings is 1. The van der Waals surface area contributed by atoms with Crippen LogP contribution in [0.15, 0.2) is 36.5 Å². The van der Waals surface area contributed by atoms with E-state index in [2.05, 4.69) is 4.98 Å². The molecule has 22 heavy (non-hydrogen) atoms. The molecular formula is C15H15FN2O3S. The number of hydrogen-bond acceptors (Lipinski definition) is 4. The number of hydrogen-bond donors (Lipinski definition) is 0. The fourth-order valence-corrected chi connectivity index (χ4v) is 3.70. The van der Waals surface area contributed by atoms with Gasteiger partial charge in [-0.1, -0.05) is 18.2 Å². The van der Waals surface area contributed by atoms with Gasteiger partial charge in [0.05, 0.1) is 11.3 Å². The number of benzene rings is 1. The van der Waals surface area contributed by atoms with Gasteiger partial charge in [0.1, 0.15) is 0 Å². The molecule has 0 bridgehead atoms. The third-order valence-corrected chi connectivity index (χ3v) is 4.70. The first kappa shape index (κ1) is 14.9. The lowest BCUT2D eigenvalue weighted by atomic mass is 10.1. The van der Waals surface area contributed by atoms with Gasteiger partial charge in [-0.15, -0.1) is 3.89 Å². The lowest BCUT2D eigenvalue weighted by Crippen LogP contribution is -2.25. The lowest BCUT2D eigenvalue weighted by Gasteiger charge is -2.17. The standard InChI is InChI=1S/C15H15FN2O3S/c16-22(20,21)10-11-7-15(19)18(8-11)9-12-3-1-5-14-13(12)4-2-6-17-14/h1-6,11H,7-10H2. The molecule has 1 atom stereocenters. The van der Waals surface area contributed by atoms with Crippen molar-refractivity contribution in [2.45, 2.75) is 13.0 Å². The summed E-state index contributed by atoms with van der Waals surface area (Å²) in [5, 5.41) is 0.958. The molecule has 3 rings (SSSR count). The summed E-state index contributed by atoms with van der Waals surface area (Å²) in [4.78, 5) is 17.9. The topological polar surface area (TPSA) is 67.3 Å². The molecule has 1 amide bonds. The normalized spacial score (nSPS) is 19.0. The van der Waals surface area contributed by atoms with Crippen molar-refractivity contribution in [3.8, 4) is 0 Å². The quantitative estimate of drug-likeness (QED) is 0.806. The zero-order valence-corrected chi connectivity index (χ0v) is 12.6.